The number of pyridine rings is 2. The van der Waals surface area contributed by atoms with Crippen LogP contribution in [0.25, 0.3) is 72.7 Å². The maximum Gasteiger partial charge on any atom is 0.216 e. The van der Waals surface area contributed by atoms with Gasteiger partial charge in [-0.1, -0.05) is 123 Å². The van der Waals surface area contributed by atoms with E-state index in [0.29, 0.717) is 11.6 Å². The van der Waals surface area contributed by atoms with Gasteiger partial charge >= 0.3 is 0 Å². The molecule has 0 fully saturated rings. The molecule has 9 rings (SSSR count). The van der Waals surface area contributed by atoms with Crippen LogP contribution in [0.15, 0.2) is 150 Å². The molecule has 1 radical (unpaired) electrons. The SMILES string of the molecule is CC(C)Cc1cc(-c2[c-]cccc2)ncc1[Si](C)(C)C.[Ir].[c-]1cc2c(cc1-c1nc3ccccc3n1-c1ccccc1)oc1nc(-c3ccccc3)ccc12. The Balaban J connectivity index is 0.000000191. The third-order valence-electron chi connectivity index (χ3n) is 9.57. The van der Waals surface area contributed by atoms with Gasteiger partial charge in [0.1, 0.15) is 0 Å². The molecular formula is C48H42IrN4OSi-2. The maximum atomic E-state index is 6.23. The molecule has 0 N–H and O–H groups in total. The molecule has 0 amide bonds. The molecule has 4 aromatic heterocycles. The van der Waals surface area contributed by atoms with Crippen molar-refractivity contribution in [1.29, 1.82) is 0 Å². The topological polar surface area (TPSA) is 56.7 Å². The van der Waals surface area contributed by atoms with E-state index in [1.165, 1.54) is 10.8 Å². The minimum atomic E-state index is -1.34. The van der Waals surface area contributed by atoms with Crippen LogP contribution >= 0.6 is 0 Å². The summed E-state index contributed by atoms with van der Waals surface area (Å²) >= 11 is 0. The van der Waals surface area contributed by atoms with Crippen LogP contribution in [0, 0.1) is 18.1 Å². The largest absolute Gasteiger partial charge is 0.458 e. The molecule has 5 nitrogen and oxygen atoms in total. The Morgan fingerprint density at radius 2 is 1.44 bits per heavy atom. The van der Waals surface area contributed by atoms with Crippen LogP contribution < -0.4 is 5.19 Å². The molecule has 0 saturated heterocycles. The average Bonchev–Trinajstić information content (AvgIpc) is 3.76. The first-order chi connectivity index (χ1) is 26.2. The van der Waals surface area contributed by atoms with E-state index in [0.717, 1.165) is 73.4 Å². The van der Waals surface area contributed by atoms with E-state index in [-0.39, 0.29) is 20.1 Å². The standard InChI is InChI=1S/C30H18N3O.C18H24NSi.Ir/c1-3-9-20(10-4-1)25-18-17-24-23-16-15-21(19-28(23)34-30(24)32-25)29-31-26-13-7-8-14-27(26)33(29)22-11-5-2-6-12-22;1-14(2)11-16-12-17(15-9-7-6-8-10-15)19-13-18(16)20(3,4)5;/h1-14,16-19H;6-9,12-14H,11H2,1-5H3;/q2*-1;. The van der Waals surface area contributed by atoms with Gasteiger partial charge in [0, 0.05) is 42.9 Å². The molecule has 275 valence electrons. The van der Waals surface area contributed by atoms with Gasteiger partial charge in [-0.25, -0.2) is 4.98 Å². The number of para-hydroxylation sites is 3. The number of aromatic nitrogens is 4. The first kappa shape index (κ1) is 37.8. The molecular weight excluding hydrogens is 869 g/mol. The summed E-state index contributed by atoms with van der Waals surface area (Å²) in [6.45, 7) is 11.7. The summed E-state index contributed by atoms with van der Waals surface area (Å²) in [4.78, 5) is 14.4. The first-order valence-corrected chi connectivity index (χ1v) is 22.0. The van der Waals surface area contributed by atoms with Gasteiger partial charge in [-0.2, -0.15) is 0 Å². The fourth-order valence-corrected chi connectivity index (χ4v) is 8.61. The average molecular weight is 911 g/mol. The van der Waals surface area contributed by atoms with Crippen molar-refractivity contribution in [2.75, 3.05) is 0 Å². The number of hydrogen-bond acceptors (Lipinski definition) is 4. The third kappa shape index (κ3) is 8.01. The van der Waals surface area contributed by atoms with E-state index in [4.69, 9.17) is 14.4 Å². The summed E-state index contributed by atoms with van der Waals surface area (Å²) in [6.07, 6.45) is 3.24. The zero-order valence-electron chi connectivity index (χ0n) is 31.7. The Hall–Kier alpha value is -5.46. The van der Waals surface area contributed by atoms with Gasteiger partial charge in [0.15, 0.2) is 0 Å². The monoisotopic (exact) mass is 911 g/mol. The van der Waals surface area contributed by atoms with E-state index < -0.39 is 8.07 Å². The second-order valence-electron chi connectivity index (χ2n) is 15.1. The van der Waals surface area contributed by atoms with Gasteiger partial charge in [0.2, 0.25) is 5.71 Å². The van der Waals surface area contributed by atoms with Crippen molar-refractivity contribution in [1.82, 2.24) is 19.5 Å². The van der Waals surface area contributed by atoms with Crippen LogP contribution in [-0.2, 0) is 26.5 Å². The van der Waals surface area contributed by atoms with Crippen LogP contribution in [0.4, 0.5) is 0 Å². The summed E-state index contributed by atoms with van der Waals surface area (Å²) in [7, 11) is -1.34. The van der Waals surface area contributed by atoms with Crippen molar-refractivity contribution in [2.24, 2.45) is 5.92 Å². The molecule has 5 aromatic carbocycles. The summed E-state index contributed by atoms with van der Waals surface area (Å²) in [5.41, 5.74) is 10.9. The molecule has 0 aliphatic rings. The third-order valence-corrected chi connectivity index (χ3v) is 11.6. The van der Waals surface area contributed by atoms with Gasteiger partial charge in [-0.15, -0.1) is 53.6 Å². The summed E-state index contributed by atoms with van der Waals surface area (Å²) < 4.78 is 8.40. The predicted molar refractivity (Wildman–Crippen MR) is 226 cm³/mol. The zero-order valence-corrected chi connectivity index (χ0v) is 35.1. The molecule has 0 bridgehead atoms. The van der Waals surface area contributed by atoms with E-state index in [1.807, 2.05) is 91.0 Å². The molecule has 0 spiro atoms. The number of fused-ring (bicyclic) bond motifs is 4. The van der Waals surface area contributed by atoms with Crippen LogP contribution in [0.3, 0.4) is 0 Å². The van der Waals surface area contributed by atoms with Crippen LogP contribution in [0.1, 0.15) is 19.4 Å². The molecule has 4 heterocycles. The molecule has 0 atom stereocenters. The molecule has 0 aliphatic heterocycles. The second kappa shape index (κ2) is 16.1. The van der Waals surface area contributed by atoms with Crippen molar-refractivity contribution in [3.63, 3.8) is 0 Å². The van der Waals surface area contributed by atoms with Crippen LogP contribution in [0.5, 0.6) is 0 Å². The van der Waals surface area contributed by atoms with Crippen molar-refractivity contribution in [2.45, 2.75) is 39.9 Å². The van der Waals surface area contributed by atoms with Crippen molar-refractivity contribution < 1.29 is 24.5 Å². The Labute approximate surface area is 337 Å². The van der Waals surface area contributed by atoms with Crippen molar-refractivity contribution in [3.8, 4) is 39.6 Å². The van der Waals surface area contributed by atoms with E-state index in [1.54, 1.807) is 0 Å². The van der Waals surface area contributed by atoms with Gasteiger partial charge in [-0.05, 0) is 53.6 Å². The van der Waals surface area contributed by atoms with Gasteiger partial charge < -0.3 is 14.0 Å². The maximum absolute atomic E-state index is 6.23. The summed E-state index contributed by atoms with van der Waals surface area (Å²) in [5, 5.41) is 3.47. The van der Waals surface area contributed by atoms with E-state index in [2.05, 4.69) is 110 Å². The van der Waals surface area contributed by atoms with Crippen molar-refractivity contribution in [3.05, 3.63) is 163 Å². The Kier molecular flexibility index (Phi) is 11.1. The van der Waals surface area contributed by atoms with Gasteiger partial charge in [-0.3, -0.25) is 4.98 Å². The number of benzene rings is 5. The minimum absolute atomic E-state index is 0. The molecule has 9 aromatic rings. The number of imidazole rings is 1. The quantitative estimate of drug-likeness (QED) is 0.118. The van der Waals surface area contributed by atoms with Gasteiger partial charge in [0.05, 0.1) is 36.2 Å². The number of nitrogens with zero attached hydrogens (tertiary/aromatic N) is 4. The smallest absolute Gasteiger partial charge is 0.216 e. The fourth-order valence-electron chi connectivity index (χ4n) is 7.02. The number of furan rings is 1. The first-order valence-electron chi connectivity index (χ1n) is 18.5. The molecule has 55 heavy (non-hydrogen) atoms. The van der Waals surface area contributed by atoms with Gasteiger partial charge in [0.25, 0.3) is 0 Å². The van der Waals surface area contributed by atoms with E-state index in [9.17, 15) is 0 Å². The summed E-state index contributed by atoms with van der Waals surface area (Å²) in [5.74, 6) is 1.49. The van der Waals surface area contributed by atoms with Crippen LogP contribution in [-0.4, -0.2) is 27.6 Å². The second-order valence-corrected chi connectivity index (χ2v) is 20.1. The Morgan fingerprint density at radius 3 is 2.16 bits per heavy atom. The predicted octanol–water partition coefficient (Wildman–Crippen LogP) is 11.7. The minimum Gasteiger partial charge on any atom is -0.458 e. The Morgan fingerprint density at radius 1 is 0.709 bits per heavy atom. The normalized spacial score (nSPS) is 11.5. The number of rotatable bonds is 7. The molecule has 0 saturated carbocycles. The summed E-state index contributed by atoms with van der Waals surface area (Å²) in [6, 6.07) is 53.8. The zero-order chi connectivity index (χ0) is 37.2. The molecule has 0 unspecified atom stereocenters. The van der Waals surface area contributed by atoms with Crippen LogP contribution in [0.2, 0.25) is 19.6 Å². The van der Waals surface area contributed by atoms with E-state index >= 15 is 0 Å². The fraction of sp³-hybridized carbons (Fsp3) is 0.146. The molecule has 7 heteroatoms. The molecule has 0 aliphatic carbocycles. The Bertz CT molecular complexity index is 2700. The number of hydrogen-bond donors (Lipinski definition) is 0. The van der Waals surface area contributed by atoms with Crippen molar-refractivity contribution >= 4 is 46.4 Å².